The van der Waals surface area contributed by atoms with Crippen molar-refractivity contribution in [2.75, 3.05) is 4.90 Å². The van der Waals surface area contributed by atoms with Gasteiger partial charge in [-0.15, -0.1) is 0 Å². The summed E-state index contributed by atoms with van der Waals surface area (Å²) in [7, 11) is 0. The lowest BCUT2D eigenvalue weighted by molar-refractivity contribution is 0.660. The Morgan fingerprint density at radius 3 is 2.12 bits per heavy atom. The fraction of sp³-hybridized carbons (Fsp3) is 0.102. The van der Waals surface area contributed by atoms with E-state index < -0.39 is 0 Å². The maximum absolute atomic E-state index is 6.16. The van der Waals surface area contributed by atoms with Crippen LogP contribution in [0.15, 0.2) is 174 Å². The second kappa shape index (κ2) is 11.5. The number of nitrogens with zero attached hydrogens (tertiary/aromatic N) is 1. The van der Waals surface area contributed by atoms with E-state index in [9.17, 15) is 0 Å². The highest BCUT2D eigenvalue weighted by Crippen LogP contribution is 2.50. The molecular weight excluding hydrogens is 619 g/mol. The summed E-state index contributed by atoms with van der Waals surface area (Å²) in [5.74, 6) is 0.417. The molecule has 0 amide bonds. The van der Waals surface area contributed by atoms with Crippen LogP contribution in [0.5, 0.6) is 0 Å². The van der Waals surface area contributed by atoms with Gasteiger partial charge in [0.25, 0.3) is 0 Å². The molecule has 0 saturated carbocycles. The van der Waals surface area contributed by atoms with Crippen LogP contribution in [0.4, 0.5) is 17.1 Å². The Balaban J connectivity index is 1.05. The third kappa shape index (κ3) is 4.78. The highest BCUT2D eigenvalue weighted by molar-refractivity contribution is 6.19. The van der Waals surface area contributed by atoms with Crippen molar-refractivity contribution in [2.45, 2.75) is 31.6 Å². The summed E-state index contributed by atoms with van der Waals surface area (Å²) in [5, 5.41) is 4.77. The van der Waals surface area contributed by atoms with E-state index >= 15 is 0 Å². The smallest absolute Gasteiger partial charge is 0.136 e. The first kappa shape index (κ1) is 29.8. The lowest BCUT2D eigenvalue weighted by Gasteiger charge is -2.28. The summed E-state index contributed by atoms with van der Waals surface area (Å²) in [4.78, 5) is 2.40. The Morgan fingerprint density at radius 1 is 0.569 bits per heavy atom. The van der Waals surface area contributed by atoms with Crippen LogP contribution >= 0.6 is 0 Å². The van der Waals surface area contributed by atoms with Gasteiger partial charge in [0, 0.05) is 39.2 Å². The summed E-state index contributed by atoms with van der Waals surface area (Å²) in [6.07, 6.45) is 9.90. The van der Waals surface area contributed by atoms with E-state index in [1.165, 1.54) is 55.1 Å². The van der Waals surface area contributed by atoms with Crippen molar-refractivity contribution < 1.29 is 4.42 Å². The van der Waals surface area contributed by atoms with E-state index in [1.807, 2.05) is 12.1 Å². The molecule has 244 valence electrons. The second-order valence-electron chi connectivity index (χ2n) is 14.5. The Morgan fingerprint density at radius 2 is 1.29 bits per heavy atom. The molecule has 10 rings (SSSR count). The molecule has 2 aliphatic rings. The van der Waals surface area contributed by atoms with E-state index in [0.717, 1.165) is 40.0 Å². The Bertz CT molecular complexity index is 2690. The van der Waals surface area contributed by atoms with Gasteiger partial charge in [0.05, 0.1) is 0 Å². The number of furan rings is 1. The van der Waals surface area contributed by atoms with Crippen LogP contribution in [-0.2, 0) is 5.41 Å². The summed E-state index contributed by atoms with van der Waals surface area (Å²) in [6, 6.07) is 53.5. The van der Waals surface area contributed by atoms with Gasteiger partial charge in [0.2, 0.25) is 0 Å². The van der Waals surface area contributed by atoms with E-state index in [1.54, 1.807) is 0 Å². The van der Waals surface area contributed by atoms with Crippen molar-refractivity contribution in [1.82, 2.24) is 0 Å². The number of rotatable bonds is 5. The molecule has 0 saturated heterocycles. The number of benzene rings is 7. The third-order valence-corrected chi connectivity index (χ3v) is 11.2. The predicted molar refractivity (Wildman–Crippen MR) is 215 cm³/mol. The molecule has 1 atom stereocenters. The quantitative estimate of drug-likeness (QED) is 0.183. The average Bonchev–Trinajstić information content (AvgIpc) is 3.68. The minimum absolute atomic E-state index is 0.0309. The average molecular weight is 656 g/mol. The number of allylic oxidation sites excluding steroid dienone is 4. The lowest BCUT2D eigenvalue weighted by atomic mass is 9.82. The molecule has 1 heterocycles. The van der Waals surface area contributed by atoms with E-state index in [4.69, 9.17) is 4.42 Å². The van der Waals surface area contributed by atoms with E-state index in [0.29, 0.717) is 5.92 Å². The minimum Gasteiger partial charge on any atom is -0.456 e. The van der Waals surface area contributed by atoms with Crippen molar-refractivity contribution in [2.24, 2.45) is 0 Å². The molecule has 0 bridgehead atoms. The van der Waals surface area contributed by atoms with Crippen LogP contribution in [0, 0.1) is 0 Å². The van der Waals surface area contributed by atoms with Crippen molar-refractivity contribution in [3.63, 3.8) is 0 Å². The molecule has 0 radical (unpaired) electrons. The molecular formula is C49H37NO. The Hall–Kier alpha value is -6.12. The summed E-state index contributed by atoms with van der Waals surface area (Å²) in [5.41, 5.74) is 14.4. The standard InChI is InChI=1S/C49H37NO/c1-49(2)44-14-8-6-12-41(44)43-31-39(26-28-45(43)49)50(37-22-16-33(17-23-37)32-10-4-3-5-11-32)38-24-18-34(19-25-38)35-20-27-40-36(30-35)21-29-47-48(40)42-13-7-9-15-46(42)51-47/h3-10,12-32H,11H2,1-2H3. The van der Waals surface area contributed by atoms with Crippen molar-refractivity contribution in [3.8, 4) is 22.3 Å². The maximum Gasteiger partial charge on any atom is 0.136 e. The van der Waals surface area contributed by atoms with E-state index in [2.05, 4.69) is 177 Å². The minimum atomic E-state index is -0.0309. The van der Waals surface area contributed by atoms with Crippen molar-refractivity contribution >= 4 is 49.8 Å². The largest absolute Gasteiger partial charge is 0.456 e. The molecule has 1 unspecified atom stereocenters. The van der Waals surface area contributed by atoms with Gasteiger partial charge in [0.1, 0.15) is 11.2 Å². The number of fused-ring (bicyclic) bond motifs is 8. The molecule has 0 aliphatic heterocycles. The molecule has 7 aromatic carbocycles. The third-order valence-electron chi connectivity index (χ3n) is 11.2. The molecule has 1 aromatic heterocycles. The zero-order valence-corrected chi connectivity index (χ0v) is 28.8. The monoisotopic (exact) mass is 655 g/mol. The number of hydrogen-bond donors (Lipinski definition) is 0. The maximum atomic E-state index is 6.16. The fourth-order valence-corrected chi connectivity index (χ4v) is 8.53. The van der Waals surface area contributed by atoms with Crippen LogP contribution in [0.3, 0.4) is 0 Å². The van der Waals surface area contributed by atoms with Gasteiger partial charge in [-0.3, -0.25) is 0 Å². The van der Waals surface area contributed by atoms with Crippen LogP contribution in [0.25, 0.3) is 55.0 Å². The second-order valence-corrected chi connectivity index (χ2v) is 14.5. The van der Waals surface area contributed by atoms with Gasteiger partial charge >= 0.3 is 0 Å². The van der Waals surface area contributed by atoms with Gasteiger partial charge in [-0.2, -0.15) is 0 Å². The first-order valence-corrected chi connectivity index (χ1v) is 18.0. The van der Waals surface area contributed by atoms with Crippen LogP contribution in [0.2, 0.25) is 0 Å². The van der Waals surface area contributed by atoms with Gasteiger partial charge in [-0.25, -0.2) is 0 Å². The lowest BCUT2D eigenvalue weighted by Crippen LogP contribution is -2.15. The van der Waals surface area contributed by atoms with Gasteiger partial charge in [-0.1, -0.05) is 129 Å². The predicted octanol–water partition coefficient (Wildman–Crippen LogP) is 13.8. The topological polar surface area (TPSA) is 16.4 Å². The van der Waals surface area contributed by atoms with Gasteiger partial charge in [0.15, 0.2) is 0 Å². The molecule has 2 nitrogen and oxygen atoms in total. The number of hydrogen-bond acceptors (Lipinski definition) is 2. The van der Waals surface area contributed by atoms with Gasteiger partial charge < -0.3 is 9.32 Å². The number of anilines is 3. The highest BCUT2D eigenvalue weighted by atomic mass is 16.3. The Kier molecular flexibility index (Phi) is 6.69. The number of para-hydroxylation sites is 1. The van der Waals surface area contributed by atoms with Crippen LogP contribution in [-0.4, -0.2) is 0 Å². The first-order chi connectivity index (χ1) is 25.0. The SMILES string of the molecule is CC1(C)c2ccccc2-c2cc(N(c3ccc(-c4ccc5c(ccc6oc7ccccc7c65)c4)cc3)c3ccc(C4C=CC=CC4)cc3)ccc21. The summed E-state index contributed by atoms with van der Waals surface area (Å²) in [6.45, 7) is 4.68. The molecule has 2 aliphatic carbocycles. The van der Waals surface area contributed by atoms with Gasteiger partial charge in [-0.05, 0) is 111 Å². The first-order valence-electron chi connectivity index (χ1n) is 18.0. The summed E-state index contributed by atoms with van der Waals surface area (Å²) >= 11 is 0. The van der Waals surface area contributed by atoms with E-state index in [-0.39, 0.29) is 5.41 Å². The normalized spacial score (nSPS) is 15.8. The summed E-state index contributed by atoms with van der Waals surface area (Å²) < 4.78 is 6.16. The van der Waals surface area contributed by atoms with Crippen molar-refractivity contribution in [3.05, 3.63) is 187 Å². The molecule has 0 fully saturated rings. The molecule has 2 heteroatoms. The van der Waals surface area contributed by atoms with Crippen molar-refractivity contribution in [1.29, 1.82) is 0 Å². The highest BCUT2D eigenvalue weighted by Gasteiger charge is 2.35. The Labute approximate surface area is 298 Å². The zero-order valence-electron chi connectivity index (χ0n) is 28.8. The molecule has 0 spiro atoms. The van der Waals surface area contributed by atoms with Crippen LogP contribution < -0.4 is 4.90 Å². The van der Waals surface area contributed by atoms with Crippen LogP contribution in [0.1, 0.15) is 42.9 Å². The molecule has 0 N–H and O–H groups in total. The molecule has 8 aromatic rings. The zero-order chi connectivity index (χ0) is 34.1. The molecule has 51 heavy (non-hydrogen) atoms. The fourth-order valence-electron chi connectivity index (χ4n) is 8.53.